The van der Waals surface area contributed by atoms with Crippen LogP contribution in [-0.2, 0) is 0 Å². The van der Waals surface area contributed by atoms with E-state index in [1.807, 2.05) is 0 Å². The third-order valence-corrected chi connectivity index (χ3v) is 4.52. The molecule has 0 bridgehead atoms. The van der Waals surface area contributed by atoms with Crippen molar-refractivity contribution in [1.82, 2.24) is 0 Å². The van der Waals surface area contributed by atoms with E-state index in [0.717, 1.165) is 25.7 Å². The summed E-state index contributed by atoms with van der Waals surface area (Å²) in [6, 6.07) is 5.31. The van der Waals surface area contributed by atoms with Gasteiger partial charge >= 0.3 is 0 Å². The molecule has 1 fully saturated rings. The molecule has 0 heterocycles. The standard InChI is InChI=1S/C13H16ClO2P/c1-16-10-6-4-5-9(14)11(10)12(15)13(17)7-2-3-8-13/h4-6H,2-3,7-8,17H2,1H3. The Morgan fingerprint density at radius 3 is 2.65 bits per heavy atom. The third-order valence-electron chi connectivity index (χ3n) is 3.37. The number of ketones is 1. The number of carbonyl (C=O) groups excluding carboxylic acids is 1. The molecule has 1 aliphatic carbocycles. The Balaban J connectivity index is 2.43. The molecule has 2 rings (SSSR count). The fourth-order valence-corrected chi connectivity index (χ4v) is 3.18. The minimum atomic E-state index is -0.349. The van der Waals surface area contributed by atoms with E-state index < -0.39 is 0 Å². The highest BCUT2D eigenvalue weighted by atomic mass is 35.5. The fourth-order valence-electron chi connectivity index (χ4n) is 2.38. The number of rotatable bonds is 3. The van der Waals surface area contributed by atoms with Gasteiger partial charge in [-0.05, 0) is 25.0 Å². The first-order valence-electron chi connectivity index (χ1n) is 5.75. The van der Waals surface area contributed by atoms with Gasteiger partial charge in [0.2, 0.25) is 0 Å². The monoisotopic (exact) mass is 270 g/mol. The second-order valence-corrected chi connectivity index (χ2v) is 6.02. The van der Waals surface area contributed by atoms with E-state index >= 15 is 0 Å². The Kier molecular flexibility index (Phi) is 3.75. The molecule has 2 nitrogen and oxygen atoms in total. The van der Waals surface area contributed by atoms with Crippen molar-refractivity contribution < 1.29 is 9.53 Å². The molecule has 0 aromatic heterocycles. The Bertz CT molecular complexity index is 439. The number of Topliss-reactive ketones (excluding diaryl/α,β-unsaturated/α-hetero) is 1. The molecule has 1 aromatic carbocycles. The largest absolute Gasteiger partial charge is 0.496 e. The van der Waals surface area contributed by atoms with Crippen LogP contribution in [0.3, 0.4) is 0 Å². The second-order valence-electron chi connectivity index (χ2n) is 4.51. The van der Waals surface area contributed by atoms with Gasteiger partial charge in [0.15, 0.2) is 5.78 Å². The minimum absolute atomic E-state index is 0.0856. The van der Waals surface area contributed by atoms with Crippen molar-refractivity contribution in [3.63, 3.8) is 0 Å². The van der Waals surface area contributed by atoms with Crippen LogP contribution in [0.2, 0.25) is 5.02 Å². The van der Waals surface area contributed by atoms with Crippen LogP contribution in [0.4, 0.5) is 0 Å². The van der Waals surface area contributed by atoms with Crippen molar-refractivity contribution in [3.8, 4) is 5.75 Å². The Morgan fingerprint density at radius 2 is 2.06 bits per heavy atom. The molecular weight excluding hydrogens is 255 g/mol. The van der Waals surface area contributed by atoms with Gasteiger partial charge in [-0.3, -0.25) is 4.79 Å². The van der Waals surface area contributed by atoms with E-state index in [0.29, 0.717) is 16.3 Å². The predicted octanol–water partition coefficient (Wildman–Crippen LogP) is 3.72. The van der Waals surface area contributed by atoms with Crippen LogP contribution in [0, 0.1) is 0 Å². The zero-order chi connectivity index (χ0) is 12.5. The zero-order valence-corrected chi connectivity index (χ0v) is 11.7. The lowest BCUT2D eigenvalue weighted by Gasteiger charge is -2.23. The molecule has 92 valence electrons. The molecule has 0 radical (unpaired) electrons. The fraction of sp³-hybridized carbons (Fsp3) is 0.462. The summed E-state index contributed by atoms with van der Waals surface area (Å²) in [7, 11) is 4.28. The maximum absolute atomic E-state index is 12.6. The third kappa shape index (κ3) is 2.34. The molecule has 1 aromatic rings. The highest BCUT2D eigenvalue weighted by molar-refractivity contribution is 7.21. The van der Waals surface area contributed by atoms with E-state index in [9.17, 15) is 4.79 Å². The van der Waals surface area contributed by atoms with Crippen LogP contribution in [0.1, 0.15) is 36.0 Å². The van der Waals surface area contributed by atoms with Crippen LogP contribution in [0.25, 0.3) is 0 Å². The van der Waals surface area contributed by atoms with Crippen LogP contribution in [0.5, 0.6) is 5.75 Å². The lowest BCUT2D eigenvalue weighted by molar-refractivity contribution is 0.0941. The van der Waals surface area contributed by atoms with Gasteiger partial charge in [0.05, 0.1) is 17.7 Å². The minimum Gasteiger partial charge on any atom is -0.496 e. The number of benzene rings is 1. The summed E-state index contributed by atoms with van der Waals surface area (Å²) in [6.07, 6.45) is 4.01. The normalized spacial score (nSPS) is 18.1. The molecule has 0 N–H and O–H groups in total. The molecule has 4 heteroatoms. The summed E-state index contributed by atoms with van der Waals surface area (Å²) in [6.45, 7) is 0. The SMILES string of the molecule is COc1cccc(Cl)c1C(=O)C1(P)CCCC1. The van der Waals surface area contributed by atoms with Crippen molar-refractivity contribution in [3.05, 3.63) is 28.8 Å². The van der Waals surface area contributed by atoms with E-state index in [2.05, 4.69) is 9.24 Å². The van der Waals surface area contributed by atoms with E-state index in [4.69, 9.17) is 16.3 Å². The van der Waals surface area contributed by atoms with Gasteiger partial charge in [-0.15, -0.1) is 9.24 Å². The first-order valence-corrected chi connectivity index (χ1v) is 6.70. The highest BCUT2D eigenvalue weighted by Gasteiger charge is 2.39. The number of hydrogen-bond donors (Lipinski definition) is 0. The quantitative estimate of drug-likeness (QED) is 0.618. The predicted molar refractivity (Wildman–Crippen MR) is 73.2 cm³/mol. The smallest absolute Gasteiger partial charge is 0.177 e. The Hall–Kier alpha value is -0.590. The van der Waals surface area contributed by atoms with E-state index in [-0.39, 0.29) is 10.9 Å². The van der Waals surface area contributed by atoms with Crippen LogP contribution >= 0.6 is 20.8 Å². The lowest BCUT2D eigenvalue weighted by atomic mass is 9.94. The van der Waals surface area contributed by atoms with Crippen molar-refractivity contribution in [2.75, 3.05) is 7.11 Å². The summed E-state index contributed by atoms with van der Waals surface area (Å²) in [4.78, 5) is 12.6. The summed E-state index contributed by atoms with van der Waals surface area (Å²) >= 11 is 6.13. The van der Waals surface area contributed by atoms with Crippen molar-refractivity contribution in [1.29, 1.82) is 0 Å². The molecule has 1 atom stereocenters. The summed E-state index contributed by atoms with van der Waals surface area (Å²) < 4.78 is 5.24. The van der Waals surface area contributed by atoms with E-state index in [1.54, 1.807) is 25.3 Å². The van der Waals surface area contributed by atoms with Gasteiger partial charge in [0, 0.05) is 5.16 Å². The van der Waals surface area contributed by atoms with Gasteiger partial charge in [-0.2, -0.15) is 0 Å². The van der Waals surface area contributed by atoms with E-state index in [1.165, 1.54) is 0 Å². The molecule has 1 unspecified atom stereocenters. The highest BCUT2D eigenvalue weighted by Crippen LogP contribution is 2.43. The summed E-state index contributed by atoms with van der Waals surface area (Å²) in [5, 5.41) is 0.126. The molecule has 1 aliphatic rings. The van der Waals surface area contributed by atoms with Gasteiger partial charge in [0.25, 0.3) is 0 Å². The van der Waals surface area contributed by atoms with Crippen molar-refractivity contribution in [2.24, 2.45) is 0 Å². The average molecular weight is 271 g/mol. The topological polar surface area (TPSA) is 26.3 Å². The number of ether oxygens (including phenoxy) is 1. The molecule has 0 spiro atoms. The molecular formula is C13H16ClO2P. The second kappa shape index (κ2) is 4.96. The lowest BCUT2D eigenvalue weighted by Crippen LogP contribution is -2.29. The Labute approximate surface area is 109 Å². The van der Waals surface area contributed by atoms with Crippen LogP contribution < -0.4 is 4.74 Å². The molecule has 0 amide bonds. The van der Waals surface area contributed by atoms with Gasteiger partial charge in [0.1, 0.15) is 5.75 Å². The summed E-state index contributed by atoms with van der Waals surface area (Å²) in [5.74, 6) is 0.652. The van der Waals surface area contributed by atoms with Gasteiger partial charge < -0.3 is 4.74 Å². The number of halogens is 1. The Morgan fingerprint density at radius 1 is 1.41 bits per heavy atom. The maximum Gasteiger partial charge on any atom is 0.177 e. The van der Waals surface area contributed by atoms with Gasteiger partial charge in [-0.25, -0.2) is 0 Å². The maximum atomic E-state index is 12.6. The first kappa shape index (κ1) is 12.9. The molecule has 17 heavy (non-hydrogen) atoms. The average Bonchev–Trinajstić information content (AvgIpc) is 2.76. The van der Waals surface area contributed by atoms with Crippen molar-refractivity contribution in [2.45, 2.75) is 30.8 Å². The van der Waals surface area contributed by atoms with Gasteiger partial charge in [-0.1, -0.05) is 30.5 Å². The number of carbonyl (C=O) groups is 1. The van der Waals surface area contributed by atoms with Crippen molar-refractivity contribution >= 4 is 26.6 Å². The molecule has 0 aliphatic heterocycles. The summed E-state index contributed by atoms with van der Waals surface area (Å²) in [5.41, 5.74) is 0.522. The van der Waals surface area contributed by atoms with Crippen LogP contribution in [0.15, 0.2) is 18.2 Å². The molecule has 0 saturated heterocycles. The number of hydrogen-bond acceptors (Lipinski definition) is 2. The molecule has 1 saturated carbocycles. The zero-order valence-electron chi connectivity index (χ0n) is 9.83. The number of methoxy groups -OCH3 is 1. The van der Waals surface area contributed by atoms with Crippen LogP contribution in [-0.4, -0.2) is 18.0 Å². The first-order chi connectivity index (χ1) is 8.08.